The Kier molecular flexibility index (Phi) is 4.82. The van der Waals surface area contributed by atoms with Gasteiger partial charge in [-0.2, -0.15) is 16.7 Å². The Bertz CT molecular complexity index is 607. The first-order valence-electron chi connectivity index (χ1n) is 7.36. The number of thiophene rings is 1. The third-order valence-corrected chi connectivity index (χ3v) is 5.75. The van der Waals surface area contributed by atoms with Crippen molar-refractivity contribution in [2.75, 3.05) is 48.7 Å². The quantitative estimate of drug-likeness (QED) is 0.880. The Balaban J connectivity index is 1.69. The van der Waals surface area contributed by atoms with Crippen molar-refractivity contribution < 1.29 is 0 Å². The highest BCUT2D eigenvalue weighted by Gasteiger charge is 2.12. The van der Waals surface area contributed by atoms with E-state index in [4.69, 9.17) is 5.73 Å². The minimum atomic E-state index is 0.351. The third-order valence-electron chi connectivity index (χ3n) is 3.63. The molecule has 1 saturated heterocycles. The number of nitrogens with one attached hydrogen (secondary N) is 1. The van der Waals surface area contributed by atoms with Crippen LogP contribution in [0, 0.1) is 0 Å². The predicted octanol–water partition coefficient (Wildman–Crippen LogP) is 2.30. The summed E-state index contributed by atoms with van der Waals surface area (Å²) in [6, 6.07) is 2.18. The van der Waals surface area contributed by atoms with Crippen LogP contribution in [-0.2, 0) is 6.42 Å². The first-order valence-corrected chi connectivity index (χ1v) is 9.33. The summed E-state index contributed by atoms with van der Waals surface area (Å²) in [4.78, 5) is 13.5. The molecule has 5 nitrogen and oxygen atoms in total. The van der Waals surface area contributed by atoms with Crippen LogP contribution in [0.5, 0.6) is 0 Å². The molecule has 0 saturated carbocycles. The molecular formula is C14H21N5S2. The summed E-state index contributed by atoms with van der Waals surface area (Å²) in [7, 11) is 0. The normalized spacial score (nSPS) is 16.4. The van der Waals surface area contributed by atoms with Gasteiger partial charge in [-0.15, -0.1) is 11.3 Å². The van der Waals surface area contributed by atoms with Gasteiger partial charge in [0.05, 0.1) is 5.39 Å². The summed E-state index contributed by atoms with van der Waals surface area (Å²) in [5, 5.41) is 4.54. The Morgan fingerprint density at radius 3 is 2.90 bits per heavy atom. The van der Waals surface area contributed by atoms with Crippen LogP contribution in [0.3, 0.4) is 0 Å². The maximum absolute atomic E-state index is 5.82. The number of nitrogens with zero attached hydrogens (tertiary/aromatic N) is 3. The first-order chi connectivity index (χ1) is 10.3. The second-order valence-corrected chi connectivity index (χ2v) is 7.44. The van der Waals surface area contributed by atoms with Crippen molar-refractivity contribution in [2.24, 2.45) is 0 Å². The van der Waals surface area contributed by atoms with Crippen LogP contribution in [0.1, 0.15) is 11.8 Å². The lowest BCUT2D eigenvalue weighted by Crippen LogP contribution is -2.36. The molecular weight excluding hydrogens is 302 g/mol. The standard InChI is InChI=1S/C14H21N5S2/c1-2-10-9-11-12(17-14(15)18-13(11)21-10)16-3-4-19-5-7-20-8-6-19/h9H,2-8H2,1H3,(H3,15,16,17,18). The monoisotopic (exact) mass is 323 g/mol. The van der Waals surface area contributed by atoms with Crippen molar-refractivity contribution in [2.45, 2.75) is 13.3 Å². The first kappa shape index (κ1) is 14.9. The van der Waals surface area contributed by atoms with Gasteiger partial charge in [-0.3, -0.25) is 4.90 Å². The fourth-order valence-corrected chi connectivity index (χ4v) is 4.41. The number of rotatable bonds is 5. The van der Waals surface area contributed by atoms with Crippen molar-refractivity contribution >= 4 is 45.1 Å². The molecule has 1 aliphatic heterocycles. The molecule has 2 aromatic heterocycles. The molecule has 0 atom stereocenters. The summed E-state index contributed by atoms with van der Waals surface area (Å²) < 4.78 is 0. The summed E-state index contributed by atoms with van der Waals surface area (Å²) in [6.45, 7) is 6.48. The molecule has 3 rings (SSSR count). The molecule has 0 aromatic carbocycles. The highest BCUT2D eigenvalue weighted by atomic mass is 32.2. The van der Waals surface area contributed by atoms with Crippen molar-refractivity contribution in [3.05, 3.63) is 10.9 Å². The third kappa shape index (κ3) is 3.59. The maximum atomic E-state index is 5.82. The number of anilines is 2. The van der Waals surface area contributed by atoms with Crippen LogP contribution in [0.2, 0.25) is 0 Å². The van der Waals surface area contributed by atoms with E-state index >= 15 is 0 Å². The molecule has 0 spiro atoms. The van der Waals surface area contributed by atoms with Gasteiger partial charge in [-0.25, -0.2) is 4.98 Å². The summed E-state index contributed by atoms with van der Waals surface area (Å²) in [5.41, 5.74) is 5.82. The zero-order valence-electron chi connectivity index (χ0n) is 12.3. The summed E-state index contributed by atoms with van der Waals surface area (Å²) in [5.74, 6) is 3.72. The van der Waals surface area contributed by atoms with E-state index in [9.17, 15) is 0 Å². The van der Waals surface area contributed by atoms with Crippen LogP contribution in [0.4, 0.5) is 11.8 Å². The van der Waals surface area contributed by atoms with E-state index in [1.165, 1.54) is 29.5 Å². The Hall–Kier alpha value is -1.05. The molecule has 0 aliphatic carbocycles. The molecule has 0 unspecified atom stereocenters. The number of aromatic nitrogens is 2. The highest BCUT2D eigenvalue weighted by Crippen LogP contribution is 2.29. The van der Waals surface area contributed by atoms with E-state index in [-0.39, 0.29) is 0 Å². The molecule has 21 heavy (non-hydrogen) atoms. The number of hydrogen-bond acceptors (Lipinski definition) is 7. The molecule has 7 heteroatoms. The van der Waals surface area contributed by atoms with Gasteiger partial charge in [0.15, 0.2) is 0 Å². The minimum Gasteiger partial charge on any atom is -0.368 e. The number of nitrogens with two attached hydrogens (primary N) is 1. The predicted molar refractivity (Wildman–Crippen MR) is 93.5 cm³/mol. The van der Waals surface area contributed by atoms with Crippen LogP contribution in [0.25, 0.3) is 10.2 Å². The smallest absolute Gasteiger partial charge is 0.223 e. The zero-order valence-corrected chi connectivity index (χ0v) is 13.9. The van der Waals surface area contributed by atoms with Crippen LogP contribution in [-0.4, -0.2) is 52.6 Å². The number of thioether (sulfide) groups is 1. The second-order valence-electron chi connectivity index (χ2n) is 5.10. The van der Waals surface area contributed by atoms with Crippen molar-refractivity contribution in [1.29, 1.82) is 0 Å². The average molecular weight is 323 g/mol. The lowest BCUT2D eigenvalue weighted by molar-refractivity contribution is 0.314. The molecule has 1 fully saturated rings. The number of aryl methyl sites for hydroxylation is 1. The van der Waals surface area contributed by atoms with E-state index in [0.717, 1.165) is 35.5 Å². The molecule has 0 amide bonds. The molecule has 1 aliphatic rings. The number of hydrogen-bond donors (Lipinski definition) is 2. The molecule has 0 radical (unpaired) electrons. The molecule has 114 valence electrons. The Morgan fingerprint density at radius 2 is 2.14 bits per heavy atom. The van der Waals surface area contributed by atoms with E-state index in [1.807, 2.05) is 11.8 Å². The zero-order chi connectivity index (χ0) is 14.7. The lowest BCUT2D eigenvalue weighted by Gasteiger charge is -2.26. The SMILES string of the molecule is CCc1cc2c(NCCN3CCSCC3)nc(N)nc2s1. The fraction of sp³-hybridized carbons (Fsp3) is 0.571. The fourth-order valence-electron chi connectivity index (χ4n) is 2.45. The van der Waals surface area contributed by atoms with Crippen LogP contribution in [0.15, 0.2) is 6.07 Å². The van der Waals surface area contributed by atoms with Crippen molar-refractivity contribution in [1.82, 2.24) is 14.9 Å². The maximum Gasteiger partial charge on any atom is 0.223 e. The summed E-state index contributed by atoms with van der Waals surface area (Å²) >= 11 is 3.74. The van der Waals surface area contributed by atoms with Crippen molar-refractivity contribution in [3.8, 4) is 0 Å². The Labute approximate surface area is 133 Å². The van der Waals surface area contributed by atoms with E-state index < -0.39 is 0 Å². The van der Waals surface area contributed by atoms with Crippen LogP contribution >= 0.6 is 23.1 Å². The minimum absolute atomic E-state index is 0.351. The molecule has 3 heterocycles. The van der Waals surface area contributed by atoms with Gasteiger partial charge in [0.2, 0.25) is 5.95 Å². The van der Waals surface area contributed by atoms with Gasteiger partial charge in [-0.1, -0.05) is 6.92 Å². The highest BCUT2D eigenvalue weighted by molar-refractivity contribution is 7.99. The van der Waals surface area contributed by atoms with Gasteiger partial charge in [-0.05, 0) is 12.5 Å². The average Bonchev–Trinajstić information content (AvgIpc) is 2.91. The number of fused-ring (bicyclic) bond motifs is 1. The Morgan fingerprint density at radius 1 is 1.33 bits per heavy atom. The summed E-state index contributed by atoms with van der Waals surface area (Å²) in [6.07, 6.45) is 1.02. The van der Waals surface area contributed by atoms with Gasteiger partial charge in [0.25, 0.3) is 0 Å². The topological polar surface area (TPSA) is 67.1 Å². The van der Waals surface area contributed by atoms with E-state index in [1.54, 1.807) is 11.3 Å². The second kappa shape index (κ2) is 6.81. The van der Waals surface area contributed by atoms with E-state index in [0.29, 0.717) is 5.95 Å². The van der Waals surface area contributed by atoms with Gasteiger partial charge < -0.3 is 11.1 Å². The lowest BCUT2D eigenvalue weighted by atomic mass is 10.3. The largest absolute Gasteiger partial charge is 0.368 e. The molecule has 3 N–H and O–H groups in total. The van der Waals surface area contributed by atoms with Crippen LogP contribution < -0.4 is 11.1 Å². The molecule has 0 bridgehead atoms. The molecule has 2 aromatic rings. The van der Waals surface area contributed by atoms with Gasteiger partial charge in [0, 0.05) is 42.6 Å². The van der Waals surface area contributed by atoms with E-state index in [2.05, 4.69) is 33.2 Å². The van der Waals surface area contributed by atoms with Gasteiger partial charge in [0.1, 0.15) is 10.6 Å². The van der Waals surface area contributed by atoms with Crippen molar-refractivity contribution in [3.63, 3.8) is 0 Å². The van der Waals surface area contributed by atoms with Gasteiger partial charge >= 0.3 is 0 Å². The number of nitrogen functional groups attached to an aromatic ring is 1.